The lowest BCUT2D eigenvalue weighted by atomic mass is 10.0. The summed E-state index contributed by atoms with van der Waals surface area (Å²) in [4.78, 5) is 50.4. The Morgan fingerprint density at radius 2 is 1.24 bits per heavy atom. The molecule has 0 aliphatic carbocycles. The number of hydrogen-bond acceptors (Lipinski definition) is 14. The number of sulfone groups is 1. The molecule has 4 amide bonds. The highest BCUT2D eigenvalue weighted by Crippen LogP contribution is 2.32. The first kappa shape index (κ1) is 39.2. The number of nitrogens with zero attached hydrogens (tertiary/aromatic N) is 1. The molecule has 1 fully saturated rings. The van der Waals surface area contributed by atoms with Crippen LogP contribution in [0.25, 0.3) is 0 Å². The van der Waals surface area contributed by atoms with Crippen LogP contribution in [0.3, 0.4) is 0 Å². The van der Waals surface area contributed by atoms with E-state index in [0.29, 0.717) is 26.4 Å². The molecule has 2 aliphatic heterocycles. The maximum atomic E-state index is 13.2. The Bertz CT molecular complexity index is 1730. The van der Waals surface area contributed by atoms with Crippen molar-refractivity contribution in [3.8, 4) is 0 Å². The van der Waals surface area contributed by atoms with Crippen molar-refractivity contribution in [2.45, 2.75) is 35.6 Å². The second-order valence-electron chi connectivity index (χ2n) is 11.1. The first-order chi connectivity index (χ1) is 23.9. The van der Waals surface area contributed by atoms with Crippen molar-refractivity contribution in [3.63, 3.8) is 0 Å². The molecule has 1 N–H and O–H groups in total. The van der Waals surface area contributed by atoms with Crippen molar-refractivity contribution in [2.24, 2.45) is 0 Å². The van der Waals surface area contributed by atoms with Crippen molar-refractivity contribution in [1.82, 2.24) is 10.2 Å². The molecular formula is C32H40N2O14S2. The monoisotopic (exact) mass is 740 g/mol. The summed E-state index contributed by atoms with van der Waals surface area (Å²) in [6.07, 6.45) is -0.0970. The van der Waals surface area contributed by atoms with E-state index < -0.39 is 55.4 Å². The third-order valence-corrected chi connectivity index (χ3v) is 10.6. The number of benzene rings is 2. The Morgan fingerprint density at radius 3 is 1.80 bits per heavy atom. The molecule has 1 saturated heterocycles. The lowest BCUT2D eigenvalue weighted by molar-refractivity contribution is -0.136. The van der Waals surface area contributed by atoms with Crippen LogP contribution in [0.4, 0.5) is 0 Å². The highest BCUT2D eigenvalue weighted by molar-refractivity contribution is 7.91. The SMILES string of the molecule is Cc1ccc(S(=O)(=O)OCCOCCOCCOCCOCCOCCS(=O)(=O)c2cccc3c2C(=O)N(C2CCC(=O)NC2=O)C3=O)cc1. The van der Waals surface area contributed by atoms with Gasteiger partial charge in [0.05, 0.1) is 99.3 Å². The number of hydrogen-bond donors (Lipinski definition) is 1. The number of carbonyl (C=O) groups excluding carboxylic acids is 4. The minimum atomic E-state index is -4.04. The van der Waals surface area contributed by atoms with E-state index in [1.54, 1.807) is 12.1 Å². The molecule has 0 spiro atoms. The molecule has 2 aliphatic rings. The lowest BCUT2D eigenvalue weighted by Crippen LogP contribution is -2.54. The molecule has 0 radical (unpaired) electrons. The van der Waals surface area contributed by atoms with E-state index in [0.717, 1.165) is 10.5 Å². The molecular weight excluding hydrogens is 700 g/mol. The molecule has 2 heterocycles. The summed E-state index contributed by atoms with van der Waals surface area (Å²) < 4.78 is 82.3. The Morgan fingerprint density at radius 1 is 0.700 bits per heavy atom. The highest BCUT2D eigenvalue weighted by atomic mass is 32.2. The molecule has 0 saturated carbocycles. The average Bonchev–Trinajstić information content (AvgIpc) is 3.33. The smallest absolute Gasteiger partial charge is 0.297 e. The van der Waals surface area contributed by atoms with E-state index in [9.17, 15) is 36.0 Å². The minimum Gasteiger partial charge on any atom is -0.378 e. The molecule has 16 nitrogen and oxygen atoms in total. The van der Waals surface area contributed by atoms with E-state index in [1.165, 1.54) is 30.3 Å². The second-order valence-corrected chi connectivity index (χ2v) is 14.8. The van der Waals surface area contributed by atoms with Crippen LogP contribution >= 0.6 is 0 Å². The van der Waals surface area contributed by atoms with Crippen LogP contribution in [0.1, 0.15) is 39.1 Å². The maximum absolute atomic E-state index is 13.2. The van der Waals surface area contributed by atoms with Gasteiger partial charge in [-0.05, 0) is 37.6 Å². The van der Waals surface area contributed by atoms with Crippen LogP contribution in [-0.4, -0.2) is 130 Å². The molecule has 4 rings (SSSR count). The van der Waals surface area contributed by atoms with Gasteiger partial charge in [-0.15, -0.1) is 0 Å². The molecule has 18 heteroatoms. The number of nitrogens with one attached hydrogen (secondary N) is 1. The Labute approximate surface area is 290 Å². The van der Waals surface area contributed by atoms with Crippen LogP contribution in [0.2, 0.25) is 0 Å². The second kappa shape index (κ2) is 18.6. The van der Waals surface area contributed by atoms with Gasteiger partial charge in [0.2, 0.25) is 11.8 Å². The van der Waals surface area contributed by atoms with Gasteiger partial charge in [0.15, 0.2) is 9.84 Å². The summed E-state index contributed by atoms with van der Waals surface area (Å²) in [7, 11) is -7.87. The summed E-state index contributed by atoms with van der Waals surface area (Å²) in [6, 6.07) is 9.06. The van der Waals surface area contributed by atoms with Crippen LogP contribution in [0.5, 0.6) is 0 Å². The molecule has 1 atom stereocenters. The van der Waals surface area contributed by atoms with Crippen molar-refractivity contribution < 1.29 is 63.9 Å². The minimum absolute atomic E-state index is 0.0441. The zero-order chi connectivity index (χ0) is 36.1. The fourth-order valence-electron chi connectivity index (χ4n) is 4.98. The lowest BCUT2D eigenvalue weighted by Gasteiger charge is -2.27. The first-order valence-corrected chi connectivity index (χ1v) is 18.9. The largest absolute Gasteiger partial charge is 0.378 e. The average molecular weight is 741 g/mol. The number of ether oxygens (including phenoxy) is 5. The Balaban J connectivity index is 1.01. The van der Waals surface area contributed by atoms with Crippen LogP contribution < -0.4 is 5.32 Å². The number of fused-ring (bicyclic) bond motifs is 1. The summed E-state index contributed by atoms with van der Waals surface area (Å²) in [5, 5.41) is 2.10. The van der Waals surface area contributed by atoms with Crippen molar-refractivity contribution in [1.29, 1.82) is 0 Å². The molecule has 0 bridgehead atoms. The predicted molar refractivity (Wildman–Crippen MR) is 174 cm³/mol. The van der Waals surface area contributed by atoms with Crippen LogP contribution in [0, 0.1) is 6.92 Å². The number of piperidine rings is 1. The van der Waals surface area contributed by atoms with E-state index >= 15 is 0 Å². The zero-order valence-electron chi connectivity index (χ0n) is 27.5. The van der Waals surface area contributed by atoms with Crippen molar-refractivity contribution in [2.75, 3.05) is 78.4 Å². The molecule has 1 unspecified atom stereocenters. The first-order valence-electron chi connectivity index (χ1n) is 15.8. The Hall–Kier alpha value is -3.62. The van der Waals surface area contributed by atoms with Crippen LogP contribution in [-0.2, 0) is 57.4 Å². The number of imide groups is 2. The van der Waals surface area contributed by atoms with Gasteiger partial charge < -0.3 is 23.7 Å². The van der Waals surface area contributed by atoms with Crippen LogP contribution in [0.15, 0.2) is 52.3 Å². The van der Waals surface area contributed by atoms with Gasteiger partial charge in [0.25, 0.3) is 21.9 Å². The van der Waals surface area contributed by atoms with Gasteiger partial charge in [0, 0.05) is 6.42 Å². The number of amides is 4. The van der Waals surface area contributed by atoms with E-state index in [4.69, 9.17) is 27.9 Å². The maximum Gasteiger partial charge on any atom is 0.297 e. The summed E-state index contributed by atoms with van der Waals surface area (Å²) in [5.41, 5.74) is 0.532. The highest BCUT2D eigenvalue weighted by Gasteiger charge is 2.46. The standard InChI is InChI=1S/C32H40N2O14S2/c1-23-5-7-24(8-6-23)50(41,42)48-20-19-46-16-15-44-12-11-43-13-14-45-17-18-47-21-22-49(39,40)27-4-2-3-25-29(27)32(38)34(31(25)37)26-9-10-28(35)33-30(26)36/h2-8,26H,9-22H2,1H3,(H,33,35,36). The summed E-state index contributed by atoms with van der Waals surface area (Å²) >= 11 is 0. The predicted octanol–water partition coefficient (Wildman–Crippen LogP) is 0.658. The van der Waals surface area contributed by atoms with Gasteiger partial charge in [-0.25, -0.2) is 8.42 Å². The normalized spacial score (nSPS) is 16.6. The van der Waals surface area contributed by atoms with Crippen molar-refractivity contribution >= 4 is 43.6 Å². The molecule has 0 aromatic heterocycles. The third kappa shape index (κ3) is 10.7. The fourth-order valence-corrected chi connectivity index (χ4v) is 7.22. The number of rotatable bonds is 22. The molecule has 274 valence electrons. The van der Waals surface area contributed by atoms with E-state index in [-0.39, 0.29) is 80.0 Å². The molecule has 50 heavy (non-hydrogen) atoms. The van der Waals surface area contributed by atoms with Gasteiger partial charge in [-0.2, -0.15) is 8.42 Å². The van der Waals surface area contributed by atoms with E-state index in [2.05, 4.69) is 5.32 Å². The number of carbonyl (C=O) groups is 4. The third-order valence-electron chi connectivity index (χ3n) is 7.53. The summed E-state index contributed by atoms with van der Waals surface area (Å²) in [5.74, 6) is -3.44. The Kier molecular flexibility index (Phi) is 14.5. The quantitative estimate of drug-likeness (QED) is 0.100. The van der Waals surface area contributed by atoms with Crippen molar-refractivity contribution in [3.05, 3.63) is 59.2 Å². The summed E-state index contributed by atoms with van der Waals surface area (Å²) in [6.45, 7) is 3.68. The molecule has 2 aromatic rings. The topological polar surface area (TPSA) is 207 Å². The molecule has 2 aromatic carbocycles. The van der Waals surface area contributed by atoms with E-state index in [1.807, 2.05) is 6.92 Å². The zero-order valence-corrected chi connectivity index (χ0v) is 29.1. The number of aryl methyl sites for hydroxylation is 1. The van der Waals surface area contributed by atoms with Gasteiger partial charge in [-0.1, -0.05) is 23.8 Å². The van der Waals surface area contributed by atoms with Gasteiger partial charge in [0.1, 0.15) is 6.04 Å². The van der Waals surface area contributed by atoms with Gasteiger partial charge in [-0.3, -0.25) is 33.6 Å². The van der Waals surface area contributed by atoms with Gasteiger partial charge >= 0.3 is 0 Å². The fraction of sp³-hybridized carbons (Fsp3) is 0.500.